The van der Waals surface area contributed by atoms with Gasteiger partial charge in [-0.1, -0.05) is 60.3 Å². The van der Waals surface area contributed by atoms with Gasteiger partial charge in [0.1, 0.15) is 0 Å². The minimum absolute atomic E-state index is 0.585. The third-order valence-electron chi connectivity index (χ3n) is 5.59. The van der Waals surface area contributed by atoms with Crippen molar-refractivity contribution in [1.82, 2.24) is 5.32 Å². The Morgan fingerprint density at radius 1 is 1.11 bits per heavy atom. The van der Waals surface area contributed by atoms with Crippen LogP contribution in [0.25, 0.3) is 0 Å². The summed E-state index contributed by atoms with van der Waals surface area (Å²) >= 11 is 0. The zero-order chi connectivity index (χ0) is 14.3. The summed E-state index contributed by atoms with van der Waals surface area (Å²) in [6, 6.07) is 0.624. The Morgan fingerprint density at radius 2 is 1.74 bits per heavy atom. The molecule has 0 spiro atoms. The SMILES string of the molecule is CCCCC1CCC(CNC(C)C)(C(C)CC)CC1. The highest BCUT2D eigenvalue weighted by molar-refractivity contribution is 4.91. The van der Waals surface area contributed by atoms with Crippen LogP contribution in [0, 0.1) is 17.3 Å². The summed E-state index contributed by atoms with van der Waals surface area (Å²) in [5.41, 5.74) is 0.585. The Hall–Kier alpha value is -0.0400. The quantitative estimate of drug-likeness (QED) is 0.621. The van der Waals surface area contributed by atoms with E-state index >= 15 is 0 Å². The van der Waals surface area contributed by atoms with Crippen molar-refractivity contribution < 1.29 is 0 Å². The van der Waals surface area contributed by atoms with E-state index in [2.05, 4.69) is 39.9 Å². The van der Waals surface area contributed by atoms with Crippen molar-refractivity contribution in [3.8, 4) is 0 Å². The van der Waals surface area contributed by atoms with Gasteiger partial charge >= 0.3 is 0 Å². The smallest absolute Gasteiger partial charge is 0.00127 e. The maximum absolute atomic E-state index is 3.73. The lowest BCUT2D eigenvalue weighted by Crippen LogP contribution is -2.44. The lowest BCUT2D eigenvalue weighted by Gasteiger charge is -2.45. The first-order valence-corrected chi connectivity index (χ1v) is 8.77. The second-order valence-corrected chi connectivity index (χ2v) is 7.29. The highest BCUT2D eigenvalue weighted by Gasteiger charge is 2.38. The van der Waals surface area contributed by atoms with Crippen LogP contribution in [0.2, 0.25) is 0 Å². The van der Waals surface area contributed by atoms with Gasteiger partial charge in [0.2, 0.25) is 0 Å². The van der Waals surface area contributed by atoms with Gasteiger partial charge in [0.15, 0.2) is 0 Å². The summed E-state index contributed by atoms with van der Waals surface area (Å²) in [5, 5.41) is 3.73. The monoisotopic (exact) mass is 267 g/mol. The van der Waals surface area contributed by atoms with E-state index in [9.17, 15) is 0 Å². The maximum atomic E-state index is 3.73. The fourth-order valence-electron chi connectivity index (χ4n) is 3.72. The maximum Gasteiger partial charge on any atom is 0.00127 e. The molecule has 114 valence electrons. The van der Waals surface area contributed by atoms with Gasteiger partial charge in [-0.2, -0.15) is 0 Å². The average Bonchev–Trinajstić information content (AvgIpc) is 2.43. The molecule has 0 bridgehead atoms. The average molecular weight is 268 g/mol. The third-order valence-corrected chi connectivity index (χ3v) is 5.59. The molecule has 1 nitrogen and oxygen atoms in total. The van der Waals surface area contributed by atoms with Gasteiger partial charge in [0.05, 0.1) is 0 Å². The number of unbranched alkanes of at least 4 members (excludes halogenated alkanes) is 1. The first-order valence-electron chi connectivity index (χ1n) is 8.77. The van der Waals surface area contributed by atoms with Gasteiger partial charge in [-0.25, -0.2) is 0 Å². The molecule has 19 heavy (non-hydrogen) atoms. The molecule has 1 atom stereocenters. The fourth-order valence-corrected chi connectivity index (χ4v) is 3.72. The van der Waals surface area contributed by atoms with Crippen molar-refractivity contribution in [3.05, 3.63) is 0 Å². The van der Waals surface area contributed by atoms with E-state index < -0.39 is 0 Å². The Labute approximate surface area is 121 Å². The normalized spacial score (nSPS) is 29.7. The van der Waals surface area contributed by atoms with Crippen LogP contribution >= 0.6 is 0 Å². The summed E-state index contributed by atoms with van der Waals surface area (Å²) in [7, 11) is 0. The Kier molecular flexibility index (Phi) is 7.42. The molecular formula is C18H37N. The van der Waals surface area contributed by atoms with Crippen molar-refractivity contribution in [1.29, 1.82) is 0 Å². The molecule has 0 aromatic carbocycles. The van der Waals surface area contributed by atoms with Crippen molar-refractivity contribution in [3.63, 3.8) is 0 Å². The van der Waals surface area contributed by atoms with Crippen LogP contribution in [-0.2, 0) is 0 Å². The van der Waals surface area contributed by atoms with E-state index in [0.29, 0.717) is 11.5 Å². The van der Waals surface area contributed by atoms with Crippen LogP contribution in [-0.4, -0.2) is 12.6 Å². The van der Waals surface area contributed by atoms with Crippen LogP contribution in [0.5, 0.6) is 0 Å². The lowest BCUT2D eigenvalue weighted by atomic mass is 9.62. The van der Waals surface area contributed by atoms with Crippen LogP contribution in [0.3, 0.4) is 0 Å². The molecule has 0 radical (unpaired) electrons. The minimum atomic E-state index is 0.585. The second-order valence-electron chi connectivity index (χ2n) is 7.29. The van der Waals surface area contributed by atoms with Crippen molar-refractivity contribution >= 4 is 0 Å². The summed E-state index contributed by atoms with van der Waals surface area (Å²) in [6.45, 7) is 13.0. The lowest BCUT2D eigenvalue weighted by molar-refractivity contribution is 0.0726. The number of hydrogen-bond donors (Lipinski definition) is 1. The number of hydrogen-bond acceptors (Lipinski definition) is 1. The zero-order valence-corrected chi connectivity index (χ0v) is 14.1. The highest BCUT2D eigenvalue weighted by Crippen LogP contribution is 2.46. The first kappa shape index (κ1) is 17.0. The molecule has 1 aliphatic carbocycles. The van der Waals surface area contributed by atoms with Crippen molar-refractivity contribution in [2.24, 2.45) is 17.3 Å². The predicted octanol–water partition coefficient (Wildman–Crippen LogP) is 5.40. The minimum Gasteiger partial charge on any atom is -0.314 e. The molecule has 0 aliphatic heterocycles. The number of nitrogens with one attached hydrogen (secondary N) is 1. The summed E-state index contributed by atoms with van der Waals surface area (Å²) in [5.74, 6) is 1.89. The zero-order valence-electron chi connectivity index (χ0n) is 14.1. The molecule has 1 N–H and O–H groups in total. The van der Waals surface area contributed by atoms with Gasteiger partial charge in [-0.15, -0.1) is 0 Å². The second kappa shape index (κ2) is 8.29. The Balaban J connectivity index is 2.53. The molecule has 1 fully saturated rings. The van der Waals surface area contributed by atoms with Gasteiger partial charge < -0.3 is 5.32 Å². The molecule has 0 amide bonds. The van der Waals surface area contributed by atoms with Gasteiger partial charge in [-0.05, 0) is 42.9 Å². The van der Waals surface area contributed by atoms with Crippen LogP contribution in [0.15, 0.2) is 0 Å². The van der Waals surface area contributed by atoms with Gasteiger partial charge in [0, 0.05) is 12.6 Å². The largest absolute Gasteiger partial charge is 0.314 e. The van der Waals surface area contributed by atoms with Gasteiger partial charge in [0.25, 0.3) is 0 Å². The van der Waals surface area contributed by atoms with E-state index in [1.807, 2.05) is 0 Å². The van der Waals surface area contributed by atoms with Crippen LogP contribution < -0.4 is 5.32 Å². The third kappa shape index (κ3) is 5.10. The van der Waals surface area contributed by atoms with E-state index in [1.54, 1.807) is 0 Å². The molecule has 0 aromatic heterocycles. The summed E-state index contributed by atoms with van der Waals surface area (Å²) in [6.07, 6.45) is 11.5. The van der Waals surface area contributed by atoms with Crippen molar-refractivity contribution in [2.75, 3.05) is 6.54 Å². The number of rotatable bonds is 8. The first-order chi connectivity index (χ1) is 9.04. The molecule has 1 unspecified atom stereocenters. The van der Waals surface area contributed by atoms with Gasteiger partial charge in [-0.3, -0.25) is 0 Å². The summed E-state index contributed by atoms with van der Waals surface area (Å²) < 4.78 is 0. The molecular weight excluding hydrogens is 230 g/mol. The van der Waals surface area contributed by atoms with Crippen LogP contribution in [0.4, 0.5) is 0 Å². The molecule has 0 heterocycles. The standard InChI is InChI=1S/C18H37N/c1-6-8-9-17-10-12-18(13-11-17,16(5)7-2)14-19-15(3)4/h15-17,19H,6-14H2,1-5H3. The van der Waals surface area contributed by atoms with E-state index in [0.717, 1.165) is 11.8 Å². The topological polar surface area (TPSA) is 12.0 Å². The molecule has 0 saturated heterocycles. The Bertz CT molecular complexity index is 226. The van der Waals surface area contributed by atoms with E-state index in [-0.39, 0.29) is 0 Å². The van der Waals surface area contributed by atoms with Crippen LogP contribution in [0.1, 0.15) is 86.0 Å². The molecule has 1 rings (SSSR count). The fraction of sp³-hybridized carbons (Fsp3) is 1.00. The summed E-state index contributed by atoms with van der Waals surface area (Å²) in [4.78, 5) is 0. The molecule has 1 aliphatic rings. The molecule has 1 heteroatoms. The van der Waals surface area contributed by atoms with E-state index in [1.165, 1.54) is 57.9 Å². The Morgan fingerprint density at radius 3 is 2.21 bits per heavy atom. The molecule has 0 aromatic rings. The van der Waals surface area contributed by atoms with E-state index in [4.69, 9.17) is 0 Å². The highest BCUT2D eigenvalue weighted by atomic mass is 14.9. The molecule has 1 saturated carbocycles. The van der Waals surface area contributed by atoms with Crippen molar-refractivity contribution in [2.45, 2.75) is 92.0 Å². The predicted molar refractivity (Wildman–Crippen MR) is 86.5 cm³/mol.